The molecule has 1 saturated carbocycles. The number of anilines is 1. The number of halogens is 1. The molecule has 4 rings (SSSR count). The summed E-state index contributed by atoms with van der Waals surface area (Å²) in [6.07, 6.45) is 6.02. The molecule has 0 bridgehead atoms. The highest BCUT2D eigenvalue weighted by Gasteiger charge is 2.47. The van der Waals surface area contributed by atoms with Crippen molar-refractivity contribution in [1.82, 2.24) is 9.80 Å². The lowest BCUT2D eigenvalue weighted by molar-refractivity contribution is -0.136. The van der Waals surface area contributed by atoms with E-state index in [9.17, 15) is 14.0 Å². The van der Waals surface area contributed by atoms with Crippen molar-refractivity contribution in [2.24, 2.45) is 5.92 Å². The molecule has 1 aromatic rings. The number of fused-ring (bicyclic) bond motifs is 2. The molecule has 0 atom stereocenters. The molecule has 31 heavy (non-hydrogen) atoms. The maximum atomic E-state index is 14.1. The van der Waals surface area contributed by atoms with Crippen molar-refractivity contribution in [2.75, 3.05) is 37.6 Å². The predicted molar refractivity (Wildman–Crippen MR) is 121 cm³/mol. The van der Waals surface area contributed by atoms with Crippen LogP contribution in [-0.4, -0.2) is 60.4 Å². The quantitative estimate of drug-likeness (QED) is 0.728. The smallest absolute Gasteiger partial charge is 0.225 e. The van der Waals surface area contributed by atoms with E-state index < -0.39 is 0 Å². The zero-order valence-corrected chi connectivity index (χ0v) is 19.2. The Bertz CT molecular complexity index is 822. The van der Waals surface area contributed by atoms with Crippen molar-refractivity contribution in [3.8, 4) is 0 Å². The van der Waals surface area contributed by atoms with Crippen LogP contribution >= 0.6 is 0 Å². The second kappa shape index (κ2) is 8.89. The molecule has 0 radical (unpaired) electrons. The van der Waals surface area contributed by atoms with Crippen LogP contribution in [0.3, 0.4) is 0 Å². The van der Waals surface area contributed by atoms with Crippen LogP contribution in [0.4, 0.5) is 10.1 Å². The van der Waals surface area contributed by atoms with Crippen molar-refractivity contribution in [3.63, 3.8) is 0 Å². The number of likely N-dealkylation sites (tertiary alicyclic amines) is 1. The highest BCUT2D eigenvalue weighted by Crippen LogP contribution is 2.48. The van der Waals surface area contributed by atoms with E-state index in [0.29, 0.717) is 18.5 Å². The number of carbonyl (C=O) groups is 2. The number of benzene rings is 1. The van der Waals surface area contributed by atoms with Crippen molar-refractivity contribution in [3.05, 3.63) is 29.6 Å². The summed E-state index contributed by atoms with van der Waals surface area (Å²) in [5.74, 6) is 0.321. The first-order chi connectivity index (χ1) is 14.9. The number of carbonyl (C=O) groups excluding carboxylic acids is 2. The third kappa shape index (κ3) is 4.11. The number of hydrogen-bond acceptors (Lipinski definition) is 3. The minimum absolute atomic E-state index is 0.0309. The van der Waals surface area contributed by atoms with Gasteiger partial charge >= 0.3 is 0 Å². The molecule has 170 valence electrons. The van der Waals surface area contributed by atoms with E-state index in [1.807, 2.05) is 9.80 Å². The lowest BCUT2D eigenvalue weighted by Crippen LogP contribution is -2.50. The average Bonchev–Trinajstić information content (AvgIpc) is 3.09. The van der Waals surface area contributed by atoms with Gasteiger partial charge in [0.15, 0.2) is 0 Å². The minimum atomic E-state index is -0.220. The lowest BCUT2D eigenvalue weighted by atomic mass is 9.73. The lowest BCUT2D eigenvalue weighted by Gasteiger charge is -2.45. The van der Waals surface area contributed by atoms with Gasteiger partial charge in [0.05, 0.1) is 0 Å². The van der Waals surface area contributed by atoms with Crippen LogP contribution in [0.1, 0.15) is 64.9 Å². The number of rotatable bonds is 4. The Hall–Kier alpha value is -1.95. The summed E-state index contributed by atoms with van der Waals surface area (Å²) in [6.45, 7) is 9.90. The van der Waals surface area contributed by atoms with E-state index in [-0.39, 0.29) is 23.1 Å². The molecular formula is C25H36FN3O2. The molecule has 2 amide bonds. The second-order valence-corrected chi connectivity index (χ2v) is 9.60. The highest BCUT2D eigenvalue weighted by molar-refractivity contribution is 5.94. The van der Waals surface area contributed by atoms with Gasteiger partial charge in [-0.3, -0.25) is 9.59 Å². The zero-order chi connectivity index (χ0) is 22.2. The summed E-state index contributed by atoms with van der Waals surface area (Å²) in [7, 11) is 0. The molecule has 6 heteroatoms. The van der Waals surface area contributed by atoms with Gasteiger partial charge in [-0.25, -0.2) is 4.39 Å². The molecule has 2 fully saturated rings. The molecule has 1 aromatic carbocycles. The van der Waals surface area contributed by atoms with E-state index in [4.69, 9.17) is 0 Å². The van der Waals surface area contributed by atoms with E-state index >= 15 is 0 Å². The Morgan fingerprint density at radius 3 is 2.32 bits per heavy atom. The van der Waals surface area contributed by atoms with Crippen molar-refractivity contribution in [1.29, 1.82) is 0 Å². The maximum Gasteiger partial charge on any atom is 0.225 e. The fraction of sp³-hybridized carbons (Fsp3) is 0.680. The van der Waals surface area contributed by atoms with E-state index in [1.54, 1.807) is 19.1 Å². The fourth-order valence-corrected chi connectivity index (χ4v) is 6.15. The van der Waals surface area contributed by atoms with E-state index in [1.165, 1.54) is 6.07 Å². The Labute approximate surface area is 185 Å². The molecule has 1 spiro atoms. The molecular weight excluding hydrogens is 393 g/mol. The van der Waals surface area contributed by atoms with Crippen molar-refractivity contribution < 1.29 is 14.0 Å². The maximum absolute atomic E-state index is 14.1. The van der Waals surface area contributed by atoms with Gasteiger partial charge in [0.1, 0.15) is 5.82 Å². The van der Waals surface area contributed by atoms with Crippen molar-refractivity contribution in [2.45, 2.75) is 70.8 Å². The van der Waals surface area contributed by atoms with Gasteiger partial charge in [-0.05, 0) is 89.2 Å². The summed E-state index contributed by atoms with van der Waals surface area (Å²) in [5.41, 5.74) is 1.77. The summed E-state index contributed by atoms with van der Waals surface area (Å²) in [6, 6.07) is 5.41. The van der Waals surface area contributed by atoms with Crippen LogP contribution < -0.4 is 4.90 Å². The molecule has 2 aliphatic heterocycles. The van der Waals surface area contributed by atoms with Gasteiger partial charge in [0, 0.05) is 49.6 Å². The summed E-state index contributed by atoms with van der Waals surface area (Å²) in [4.78, 5) is 31.3. The first-order valence-corrected chi connectivity index (χ1v) is 12.0. The topological polar surface area (TPSA) is 43.9 Å². The van der Waals surface area contributed by atoms with Crippen LogP contribution in [0, 0.1) is 11.7 Å². The Morgan fingerprint density at radius 2 is 1.74 bits per heavy atom. The van der Waals surface area contributed by atoms with Crippen molar-refractivity contribution >= 4 is 17.5 Å². The number of amides is 2. The standard InChI is InChI=1S/C25H36FN3O2/c1-4-27(5-2)24(31)19-6-9-21(10-7-19)28-14-12-25(13-15-28)17-29(18(3)30)23-11-8-20(26)16-22(23)25/h8,11,16,19,21H,4-7,9-10,12-15,17H2,1-3H3. The normalized spacial score (nSPS) is 25.5. The number of nitrogens with zero attached hydrogens (tertiary/aromatic N) is 3. The zero-order valence-electron chi connectivity index (χ0n) is 19.2. The highest BCUT2D eigenvalue weighted by atomic mass is 19.1. The molecule has 5 nitrogen and oxygen atoms in total. The van der Waals surface area contributed by atoms with Gasteiger partial charge in [0.2, 0.25) is 11.8 Å². The van der Waals surface area contributed by atoms with Crippen LogP contribution in [0.15, 0.2) is 18.2 Å². The largest absolute Gasteiger partial charge is 0.343 e. The number of piperidine rings is 1. The SMILES string of the molecule is CCN(CC)C(=O)C1CCC(N2CCC3(CC2)CN(C(C)=O)c2ccc(F)cc23)CC1. The fourth-order valence-electron chi connectivity index (χ4n) is 6.15. The van der Waals surface area contributed by atoms with E-state index in [2.05, 4.69) is 18.7 Å². The molecule has 1 saturated heterocycles. The van der Waals surface area contributed by atoms with Crippen LogP contribution in [0.2, 0.25) is 0 Å². The molecule has 1 aliphatic carbocycles. The predicted octanol–water partition coefficient (Wildman–Crippen LogP) is 3.95. The second-order valence-electron chi connectivity index (χ2n) is 9.60. The Kier molecular flexibility index (Phi) is 6.38. The van der Waals surface area contributed by atoms with Gasteiger partial charge in [0.25, 0.3) is 0 Å². The Morgan fingerprint density at radius 1 is 1.10 bits per heavy atom. The average molecular weight is 430 g/mol. The summed E-state index contributed by atoms with van der Waals surface area (Å²) in [5, 5.41) is 0. The van der Waals surface area contributed by atoms with Gasteiger partial charge in [-0.2, -0.15) is 0 Å². The van der Waals surface area contributed by atoms with Crippen LogP contribution in [0.25, 0.3) is 0 Å². The molecule has 2 heterocycles. The summed E-state index contributed by atoms with van der Waals surface area (Å²) >= 11 is 0. The van der Waals surface area contributed by atoms with Crippen LogP contribution in [0.5, 0.6) is 0 Å². The molecule has 3 aliphatic rings. The first-order valence-electron chi connectivity index (χ1n) is 12.0. The third-order valence-corrected chi connectivity index (χ3v) is 8.05. The summed E-state index contributed by atoms with van der Waals surface area (Å²) < 4.78 is 14.1. The van der Waals surface area contributed by atoms with Gasteiger partial charge in [-0.15, -0.1) is 0 Å². The molecule has 0 unspecified atom stereocenters. The van der Waals surface area contributed by atoms with E-state index in [0.717, 1.165) is 76.0 Å². The molecule has 0 N–H and O–H groups in total. The van der Waals surface area contributed by atoms with Crippen LogP contribution in [-0.2, 0) is 15.0 Å². The van der Waals surface area contributed by atoms with Gasteiger partial charge < -0.3 is 14.7 Å². The molecule has 0 aromatic heterocycles. The van der Waals surface area contributed by atoms with Gasteiger partial charge in [-0.1, -0.05) is 0 Å². The Balaban J connectivity index is 1.38. The third-order valence-electron chi connectivity index (χ3n) is 8.05. The minimum Gasteiger partial charge on any atom is -0.343 e. The first kappa shape index (κ1) is 22.3. The number of hydrogen-bond donors (Lipinski definition) is 0. The monoisotopic (exact) mass is 429 g/mol.